The number of aliphatic carboxylic acids is 1. The van der Waals surface area contributed by atoms with Crippen LogP contribution in [0.15, 0.2) is 24.3 Å². The van der Waals surface area contributed by atoms with Gasteiger partial charge in [-0.1, -0.05) is 12.1 Å². The van der Waals surface area contributed by atoms with Crippen molar-refractivity contribution < 1.29 is 24.2 Å². The molecular weight excluding hydrogens is 310 g/mol. The van der Waals surface area contributed by atoms with Crippen molar-refractivity contribution in [1.29, 1.82) is 0 Å². The van der Waals surface area contributed by atoms with Gasteiger partial charge in [-0.15, -0.1) is 0 Å². The van der Waals surface area contributed by atoms with E-state index in [4.69, 9.17) is 14.6 Å². The molecule has 2 rings (SSSR count). The Bertz CT molecular complexity index is 568. The van der Waals surface area contributed by atoms with Gasteiger partial charge in [-0.2, -0.15) is 0 Å². The summed E-state index contributed by atoms with van der Waals surface area (Å²) in [6.45, 7) is 4.47. The van der Waals surface area contributed by atoms with E-state index in [1.165, 1.54) is 0 Å². The lowest BCUT2D eigenvalue weighted by Gasteiger charge is -2.24. The van der Waals surface area contributed by atoms with Crippen LogP contribution in [0.5, 0.6) is 0 Å². The Hall–Kier alpha value is -1.92. The van der Waals surface area contributed by atoms with Gasteiger partial charge in [0.25, 0.3) is 5.91 Å². The Morgan fingerprint density at radius 2 is 2.17 bits per heavy atom. The number of nitrogens with one attached hydrogen (secondary N) is 1. The molecular formula is C18H25NO5. The van der Waals surface area contributed by atoms with Crippen LogP contribution in [0, 0.1) is 0 Å². The summed E-state index contributed by atoms with van der Waals surface area (Å²) in [7, 11) is 0. The normalized spacial score (nSPS) is 20.2. The number of benzene rings is 1. The zero-order chi connectivity index (χ0) is 17.5. The molecule has 1 fully saturated rings. The zero-order valence-corrected chi connectivity index (χ0v) is 14.2. The Morgan fingerprint density at radius 3 is 2.83 bits per heavy atom. The third-order valence-electron chi connectivity index (χ3n) is 4.20. The van der Waals surface area contributed by atoms with E-state index in [2.05, 4.69) is 5.32 Å². The molecule has 0 radical (unpaired) electrons. The van der Waals surface area contributed by atoms with E-state index in [1.54, 1.807) is 38.1 Å². The van der Waals surface area contributed by atoms with Gasteiger partial charge in [0.2, 0.25) is 0 Å². The summed E-state index contributed by atoms with van der Waals surface area (Å²) in [6, 6.07) is 6.86. The van der Waals surface area contributed by atoms with E-state index in [-0.39, 0.29) is 12.0 Å². The van der Waals surface area contributed by atoms with Gasteiger partial charge in [0.05, 0.1) is 18.6 Å². The van der Waals surface area contributed by atoms with Gasteiger partial charge in [-0.3, -0.25) is 9.59 Å². The highest BCUT2D eigenvalue weighted by atomic mass is 16.5. The maximum Gasteiger partial charge on any atom is 0.310 e. The summed E-state index contributed by atoms with van der Waals surface area (Å²) >= 11 is 0. The first-order chi connectivity index (χ1) is 11.5. The van der Waals surface area contributed by atoms with Crippen LogP contribution in [0.1, 0.15) is 44.6 Å². The molecule has 1 aliphatic rings. The molecule has 24 heavy (non-hydrogen) atoms. The standard InChI is InChI=1S/C18H25NO5/c1-12(18(21)22)14-6-5-7-15(10-14)19-17(20)13(2)24-11-16-8-3-4-9-23-16/h5-7,10,12-13,16H,3-4,8-9,11H2,1-2H3,(H,19,20)(H,21,22). The lowest BCUT2D eigenvalue weighted by molar-refractivity contribution is -0.138. The molecule has 0 spiro atoms. The van der Waals surface area contributed by atoms with Gasteiger partial charge in [0, 0.05) is 12.3 Å². The van der Waals surface area contributed by atoms with Crippen LogP contribution in [0.2, 0.25) is 0 Å². The van der Waals surface area contributed by atoms with Crippen LogP contribution in [-0.4, -0.2) is 42.4 Å². The van der Waals surface area contributed by atoms with Gasteiger partial charge in [-0.05, 0) is 50.8 Å². The minimum Gasteiger partial charge on any atom is -0.481 e. The predicted molar refractivity (Wildman–Crippen MR) is 90.1 cm³/mol. The number of hydrogen-bond donors (Lipinski definition) is 2. The SMILES string of the molecule is CC(OCC1CCCCO1)C(=O)Nc1cccc(C(C)C(=O)O)c1. The largest absolute Gasteiger partial charge is 0.481 e. The lowest BCUT2D eigenvalue weighted by atomic mass is 10.0. The fraction of sp³-hybridized carbons (Fsp3) is 0.556. The third kappa shape index (κ3) is 5.32. The first-order valence-electron chi connectivity index (χ1n) is 8.34. The molecule has 1 aliphatic heterocycles. The van der Waals surface area contributed by atoms with Crippen LogP contribution in [0.4, 0.5) is 5.69 Å². The molecule has 0 aliphatic carbocycles. The summed E-state index contributed by atoms with van der Waals surface area (Å²) in [6.07, 6.45) is 2.63. The molecule has 0 saturated carbocycles. The van der Waals surface area contributed by atoms with Crippen molar-refractivity contribution in [2.24, 2.45) is 0 Å². The quantitative estimate of drug-likeness (QED) is 0.800. The number of carboxylic acid groups (broad SMARTS) is 1. The summed E-state index contributed by atoms with van der Waals surface area (Å²) in [4.78, 5) is 23.3. The smallest absolute Gasteiger partial charge is 0.310 e. The Morgan fingerprint density at radius 1 is 1.38 bits per heavy atom. The molecule has 1 heterocycles. The Balaban J connectivity index is 1.86. The van der Waals surface area contributed by atoms with Gasteiger partial charge in [0.15, 0.2) is 0 Å². The zero-order valence-electron chi connectivity index (χ0n) is 14.2. The fourth-order valence-corrected chi connectivity index (χ4v) is 2.54. The van der Waals surface area contributed by atoms with Crippen LogP contribution < -0.4 is 5.32 Å². The van der Waals surface area contributed by atoms with Crippen LogP contribution >= 0.6 is 0 Å². The van der Waals surface area contributed by atoms with E-state index in [9.17, 15) is 9.59 Å². The maximum absolute atomic E-state index is 12.2. The van der Waals surface area contributed by atoms with Gasteiger partial charge >= 0.3 is 5.97 Å². The Labute approximate surface area is 142 Å². The first kappa shape index (κ1) is 18.4. The molecule has 1 aromatic rings. The molecule has 3 unspecified atom stereocenters. The maximum atomic E-state index is 12.2. The van der Waals surface area contributed by atoms with Crippen molar-refractivity contribution in [3.63, 3.8) is 0 Å². The van der Waals surface area contributed by atoms with Crippen molar-refractivity contribution >= 4 is 17.6 Å². The number of amides is 1. The van der Waals surface area contributed by atoms with E-state index in [0.717, 1.165) is 25.9 Å². The number of rotatable bonds is 7. The van der Waals surface area contributed by atoms with Gasteiger partial charge in [0.1, 0.15) is 6.10 Å². The molecule has 2 N–H and O–H groups in total. The van der Waals surface area contributed by atoms with Gasteiger partial charge < -0.3 is 19.9 Å². The average Bonchev–Trinajstić information content (AvgIpc) is 2.60. The summed E-state index contributed by atoms with van der Waals surface area (Å²) in [5, 5.41) is 11.8. The van der Waals surface area contributed by atoms with Crippen molar-refractivity contribution in [1.82, 2.24) is 0 Å². The van der Waals surface area contributed by atoms with E-state index in [1.807, 2.05) is 0 Å². The third-order valence-corrected chi connectivity index (χ3v) is 4.20. The Kier molecular flexibility index (Phi) is 6.75. The number of hydrogen-bond acceptors (Lipinski definition) is 4. The molecule has 6 nitrogen and oxygen atoms in total. The van der Waals surface area contributed by atoms with E-state index in [0.29, 0.717) is 17.9 Å². The van der Waals surface area contributed by atoms with Crippen molar-refractivity contribution in [2.45, 2.75) is 51.2 Å². The number of carbonyl (C=O) groups excluding carboxylic acids is 1. The number of ether oxygens (including phenoxy) is 2. The number of carbonyl (C=O) groups is 2. The molecule has 3 atom stereocenters. The van der Waals surface area contributed by atoms with E-state index >= 15 is 0 Å². The topological polar surface area (TPSA) is 84.9 Å². The van der Waals surface area contributed by atoms with Crippen molar-refractivity contribution in [3.05, 3.63) is 29.8 Å². The average molecular weight is 335 g/mol. The molecule has 132 valence electrons. The number of carboxylic acids is 1. The van der Waals surface area contributed by atoms with Crippen LogP contribution in [-0.2, 0) is 19.1 Å². The second-order valence-corrected chi connectivity index (χ2v) is 6.14. The molecule has 6 heteroatoms. The second-order valence-electron chi connectivity index (χ2n) is 6.14. The van der Waals surface area contributed by atoms with Crippen molar-refractivity contribution in [2.75, 3.05) is 18.5 Å². The number of anilines is 1. The molecule has 0 bridgehead atoms. The molecule has 0 aromatic heterocycles. The lowest BCUT2D eigenvalue weighted by Crippen LogP contribution is -2.32. The monoisotopic (exact) mass is 335 g/mol. The molecule has 1 aromatic carbocycles. The summed E-state index contributed by atoms with van der Waals surface area (Å²) in [5.74, 6) is -1.78. The van der Waals surface area contributed by atoms with Crippen molar-refractivity contribution in [3.8, 4) is 0 Å². The van der Waals surface area contributed by atoms with E-state index < -0.39 is 18.0 Å². The van der Waals surface area contributed by atoms with Crippen LogP contribution in [0.25, 0.3) is 0 Å². The second kappa shape index (κ2) is 8.80. The van der Waals surface area contributed by atoms with Gasteiger partial charge in [-0.25, -0.2) is 0 Å². The minimum absolute atomic E-state index is 0.0637. The summed E-state index contributed by atoms with van der Waals surface area (Å²) < 4.78 is 11.2. The fourth-order valence-electron chi connectivity index (χ4n) is 2.54. The summed E-state index contributed by atoms with van der Waals surface area (Å²) in [5.41, 5.74) is 1.21. The first-order valence-corrected chi connectivity index (χ1v) is 8.34. The highest BCUT2D eigenvalue weighted by Gasteiger charge is 2.19. The highest BCUT2D eigenvalue weighted by Crippen LogP contribution is 2.20. The minimum atomic E-state index is -0.900. The molecule has 1 amide bonds. The van der Waals surface area contributed by atoms with Crippen LogP contribution in [0.3, 0.4) is 0 Å². The predicted octanol–water partition coefficient (Wildman–Crippen LogP) is 2.79. The highest BCUT2D eigenvalue weighted by molar-refractivity contribution is 5.94. The molecule has 1 saturated heterocycles.